The predicted octanol–water partition coefficient (Wildman–Crippen LogP) is 1.96. The van der Waals surface area contributed by atoms with Gasteiger partial charge in [-0.05, 0) is 55.0 Å². The van der Waals surface area contributed by atoms with E-state index in [0.717, 1.165) is 0 Å². The first-order valence-corrected chi connectivity index (χ1v) is 12.6. The van der Waals surface area contributed by atoms with E-state index in [0.29, 0.717) is 23.7 Å². The van der Waals surface area contributed by atoms with Gasteiger partial charge in [-0.1, -0.05) is 11.6 Å². The summed E-state index contributed by atoms with van der Waals surface area (Å²) in [6, 6.07) is 11.3. The van der Waals surface area contributed by atoms with Crippen molar-refractivity contribution in [1.29, 1.82) is 0 Å². The predicted molar refractivity (Wildman–Crippen MR) is 118 cm³/mol. The molecule has 0 unspecified atom stereocenters. The van der Waals surface area contributed by atoms with Crippen LogP contribution in [0.5, 0.6) is 0 Å². The second kappa shape index (κ2) is 11.6. The number of hydrogen-bond donors (Lipinski definition) is 3. The molecule has 1 amide bonds. The molecule has 0 aliphatic carbocycles. The van der Waals surface area contributed by atoms with Crippen LogP contribution in [-0.4, -0.2) is 49.5 Å². The Morgan fingerprint density at radius 2 is 1.39 bits per heavy atom. The number of amides is 1. The number of carbonyl (C=O) groups excluding carboxylic acids is 1. The van der Waals surface area contributed by atoms with Crippen molar-refractivity contribution in [2.24, 2.45) is 0 Å². The molecule has 2 aromatic rings. The van der Waals surface area contributed by atoms with Crippen LogP contribution in [0.1, 0.15) is 12.8 Å². The molecule has 0 aromatic heterocycles. The third-order valence-corrected chi connectivity index (χ3v) is 7.24. The van der Waals surface area contributed by atoms with Crippen molar-refractivity contribution in [3.8, 4) is 0 Å². The summed E-state index contributed by atoms with van der Waals surface area (Å²) in [6.07, 6.45) is 0.444. The standard InChI is InChI=1S/C19H24ClN3O6S2/c1-29-14-2-12-21-30(25,26)18-9-5-16(6-10-18)23-19(24)11-13-22-31(27,28)17-7-3-15(20)4-8-17/h3-10,21-22H,2,11-14H2,1H3,(H,23,24). The SMILES string of the molecule is COCCCNS(=O)(=O)c1ccc(NC(=O)CCNS(=O)(=O)c2ccc(Cl)cc2)cc1. The number of hydrogen-bond acceptors (Lipinski definition) is 6. The van der Waals surface area contributed by atoms with Gasteiger partial charge in [-0.25, -0.2) is 26.3 Å². The van der Waals surface area contributed by atoms with Gasteiger partial charge >= 0.3 is 0 Å². The number of anilines is 1. The van der Waals surface area contributed by atoms with Crippen molar-refractivity contribution in [3.63, 3.8) is 0 Å². The van der Waals surface area contributed by atoms with Gasteiger partial charge in [0, 0.05) is 43.9 Å². The van der Waals surface area contributed by atoms with Gasteiger partial charge in [0.1, 0.15) is 0 Å². The van der Waals surface area contributed by atoms with Crippen LogP contribution in [0.4, 0.5) is 5.69 Å². The molecule has 0 saturated heterocycles. The van der Waals surface area contributed by atoms with Gasteiger partial charge in [-0.2, -0.15) is 0 Å². The molecule has 170 valence electrons. The molecule has 0 heterocycles. The lowest BCUT2D eigenvalue weighted by Gasteiger charge is -2.09. The fourth-order valence-corrected chi connectivity index (χ4v) is 4.68. The fraction of sp³-hybridized carbons (Fsp3) is 0.316. The lowest BCUT2D eigenvalue weighted by molar-refractivity contribution is -0.116. The Kier molecular flexibility index (Phi) is 9.41. The number of rotatable bonds is 12. The molecule has 2 aromatic carbocycles. The first-order valence-electron chi connectivity index (χ1n) is 9.28. The van der Waals surface area contributed by atoms with Crippen LogP contribution in [0.25, 0.3) is 0 Å². The molecule has 0 spiro atoms. The van der Waals surface area contributed by atoms with Crippen molar-refractivity contribution in [3.05, 3.63) is 53.6 Å². The van der Waals surface area contributed by atoms with Crippen molar-refractivity contribution in [1.82, 2.24) is 9.44 Å². The maximum Gasteiger partial charge on any atom is 0.240 e. The third-order valence-electron chi connectivity index (χ3n) is 4.03. The van der Waals surface area contributed by atoms with Gasteiger partial charge in [0.2, 0.25) is 26.0 Å². The second-order valence-corrected chi connectivity index (χ2v) is 10.4. The van der Waals surface area contributed by atoms with Crippen molar-refractivity contribution >= 4 is 43.2 Å². The summed E-state index contributed by atoms with van der Waals surface area (Å²) in [6.45, 7) is 0.596. The van der Waals surface area contributed by atoms with Crippen LogP contribution < -0.4 is 14.8 Å². The van der Waals surface area contributed by atoms with E-state index in [9.17, 15) is 21.6 Å². The highest BCUT2D eigenvalue weighted by Gasteiger charge is 2.15. The summed E-state index contributed by atoms with van der Waals surface area (Å²) in [5, 5.41) is 3.01. The Bertz CT molecular complexity index is 1070. The molecule has 0 radical (unpaired) electrons. The molecule has 0 saturated carbocycles. The largest absolute Gasteiger partial charge is 0.385 e. The Morgan fingerprint density at radius 3 is 1.94 bits per heavy atom. The molecule has 0 fully saturated rings. The van der Waals surface area contributed by atoms with E-state index in [1.54, 1.807) is 0 Å². The van der Waals surface area contributed by atoms with Crippen LogP contribution in [0.15, 0.2) is 58.3 Å². The number of benzene rings is 2. The highest BCUT2D eigenvalue weighted by atomic mass is 35.5. The zero-order chi connectivity index (χ0) is 22.9. The summed E-state index contributed by atoms with van der Waals surface area (Å²) in [4.78, 5) is 12.2. The minimum Gasteiger partial charge on any atom is -0.385 e. The Labute approximate surface area is 187 Å². The van der Waals surface area contributed by atoms with E-state index < -0.39 is 26.0 Å². The molecule has 9 nitrogen and oxygen atoms in total. The first kappa shape index (κ1) is 25.2. The number of ether oxygens (including phenoxy) is 1. The highest BCUT2D eigenvalue weighted by molar-refractivity contribution is 7.89. The second-order valence-electron chi connectivity index (χ2n) is 6.42. The van der Waals surface area contributed by atoms with Crippen LogP contribution in [0.3, 0.4) is 0 Å². The summed E-state index contributed by atoms with van der Waals surface area (Å²) in [5.41, 5.74) is 0.392. The molecule has 3 N–H and O–H groups in total. The lowest BCUT2D eigenvalue weighted by atomic mass is 10.3. The molecule has 0 bridgehead atoms. The average Bonchev–Trinajstić information content (AvgIpc) is 2.72. The summed E-state index contributed by atoms with van der Waals surface area (Å²) in [7, 11) is -5.86. The van der Waals surface area contributed by atoms with Gasteiger partial charge in [0.15, 0.2) is 0 Å². The fourth-order valence-electron chi connectivity index (χ4n) is 2.44. The minimum absolute atomic E-state index is 0.0462. The quantitative estimate of drug-likeness (QED) is 0.391. The third kappa shape index (κ3) is 8.20. The van der Waals surface area contributed by atoms with E-state index in [1.807, 2.05) is 0 Å². The molecular formula is C19H24ClN3O6S2. The van der Waals surface area contributed by atoms with Crippen molar-refractivity contribution in [2.75, 3.05) is 32.1 Å². The van der Waals surface area contributed by atoms with E-state index in [4.69, 9.17) is 16.3 Å². The van der Waals surface area contributed by atoms with Crippen LogP contribution >= 0.6 is 11.6 Å². The normalized spacial score (nSPS) is 11.9. The van der Waals surface area contributed by atoms with Gasteiger partial charge in [-0.3, -0.25) is 4.79 Å². The van der Waals surface area contributed by atoms with Crippen LogP contribution in [0.2, 0.25) is 5.02 Å². The molecule has 12 heteroatoms. The van der Waals surface area contributed by atoms with E-state index in [-0.39, 0.29) is 29.3 Å². The van der Waals surface area contributed by atoms with Crippen molar-refractivity contribution < 1.29 is 26.4 Å². The Balaban J connectivity index is 1.83. The first-order chi connectivity index (χ1) is 14.6. The Hall–Kier alpha value is -2.02. The maximum absolute atomic E-state index is 12.2. The number of sulfonamides is 2. The number of halogens is 1. The zero-order valence-corrected chi connectivity index (χ0v) is 19.2. The smallest absolute Gasteiger partial charge is 0.240 e. The number of nitrogens with one attached hydrogen (secondary N) is 3. The summed E-state index contributed by atoms with van der Waals surface area (Å²) >= 11 is 5.74. The van der Waals surface area contributed by atoms with Gasteiger partial charge in [0.25, 0.3) is 0 Å². The van der Waals surface area contributed by atoms with Crippen molar-refractivity contribution in [2.45, 2.75) is 22.6 Å². The lowest BCUT2D eigenvalue weighted by Crippen LogP contribution is -2.28. The number of carbonyl (C=O) groups is 1. The van der Waals surface area contributed by atoms with Gasteiger partial charge in [0.05, 0.1) is 9.79 Å². The molecule has 0 aliphatic heterocycles. The van der Waals surface area contributed by atoms with Crippen LogP contribution in [0, 0.1) is 0 Å². The van der Waals surface area contributed by atoms with E-state index >= 15 is 0 Å². The molecule has 31 heavy (non-hydrogen) atoms. The monoisotopic (exact) mass is 489 g/mol. The van der Waals surface area contributed by atoms with Gasteiger partial charge < -0.3 is 10.1 Å². The average molecular weight is 490 g/mol. The Morgan fingerprint density at radius 1 is 0.871 bits per heavy atom. The maximum atomic E-state index is 12.2. The molecular weight excluding hydrogens is 466 g/mol. The zero-order valence-electron chi connectivity index (χ0n) is 16.8. The molecule has 0 atom stereocenters. The molecule has 0 aliphatic rings. The molecule has 2 rings (SSSR count). The highest BCUT2D eigenvalue weighted by Crippen LogP contribution is 2.15. The van der Waals surface area contributed by atoms with E-state index in [2.05, 4.69) is 14.8 Å². The summed E-state index contributed by atoms with van der Waals surface area (Å²) < 4.78 is 58.4. The topological polar surface area (TPSA) is 131 Å². The van der Waals surface area contributed by atoms with E-state index in [1.165, 1.54) is 55.6 Å². The summed E-state index contributed by atoms with van der Waals surface area (Å²) in [5.74, 6) is -0.424. The minimum atomic E-state index is -3.75. The van der Waals surface area contributed by atoms with Crippen LogP contribution in [-0.2, 0) is 29.6 Å². The van der Waals surface area contributed by atoms with Gasteiger partial charge in [-0.15, -0.1) is 0 Å². The number of methoxy groups -OCH3 is 1.